The van der Waals surface area contributed by atoms with Crippen LogP contribution in [0.25, 0.3) is 0 Å². The van der Waals surface area contributed by atoms with Crippen LogP contribution in [0.2, 0.25) is 0 Å². The van der Waals surface area contributed by atoms with E-state index >= 15 is 0 Å². The van der Waals surface area contributed by atoms with Crippen molar-refractivity contribution in [2.75, 3.05) is 0 Å². The molecule has 2 unspecified atom stereocenters. The van der Waals surface area contributed by atoms with Crippen molar-refractivity contribution in [3.05, 3.63) is 0 Å². The van der Waals surface area contributed by atoms with Gasteiger partial charge in [-0.3, -0.25) is 4.79 Å². The lowest BCUT2D eigenvalue weighted by Gasteiger charge is -2.02. The topological polar surface area (TPSA) is 17.1 Å². The van der Waals surface area contributed by atoms with Gasteiger partial charge in [0.15, 0.2) is 0 Å². The van der Waals surface area contributed by atoms with Gasteiger partial charge in [-0.15, -0.1) is 0 Å². The van der Waals surface area contributed by atoms with Gasteiger partial charge in [-0.05, 0) is 31.1 Å². The average Bonchev–Trinajstić information content (AvgIpc) is 3.14. The first-order valence-electron chi connectivity index (χ1n) is 8.88. The van der Waals surface area contributed by atoms with Gasteiger partial charge in [0, 0.05) is 12.8 Å². The molecule has 2 fully saturated rings. The third-order valence-electron chi connectivity index (χ3n) is 5.13. The third-order valence-corrected chi connectivity index (χ3v) is 5.13. The predicted molar refractivity (Wildman–Crippen MR) is 81.2 cm³/mol. The number of ketones is 1. The summed E-state index contributed by atoms with van der Waals surface area (Å²) in [5.41, 5.74) is 0. The Bertz CT molecular complexity index is 258. The minimum absolute atomic E-state index is 0.520. The Morgan fingerprint density at radius 3 is 1.53 bits per heavy atom. The number of hydrogen-bond donors (Lipinski definition) is 0. The zero-order valence-electron chi connectivity index (χ0n) is 12.7. The Kier molecular flexibility index (Phi) is 6.95. The molecular formula is C18H32O. The van der Waals surface area contributed by atoms with Gasteiger partial charge >= 0.3 is 0 Å². The first-order chi connectivity index (χ1) is 9.36. The Hall–Kier alpha value is -0.330. The van der Waals surface area contributed by atoms with Crippen LogP contribution in [-0.4, -0.2) is 5.78 Å². The fourth-order valence-corrected chi connectivity index (χ4v) is 3.66. The molecule has 0 radical (unpaired) electrons. The van der Waals surface area contributed by atoms with Crippen LogP contribution in [0, 0.1) is 11.8 Å². The Labute approximate surface area is 119 Å². The molecule has 2 rings (SSSR count). The molecule has 2 aliphatic carbocycles. The van der Waals surface area contributed by atoms with E-state index in [4.69, 9.17) is 0 Å². The molecule has 19 heavy (non-hydrogen) atoms. The number of fused-ring (bicyclic) bond motifs is 1. The summed E-state index contributed by atoms with van der Waals surface area (Å²) in [5.74, 6) is 2.70. The molecule has 0 spiro atoms. The van der Waals surface area contributed by atoms with Gasteiger partial charge < -0.3 is 0 Å². The molecular weight excluding hydrogens is 232 g/mol. The summed E-state index contributed by atoms with van der Waals surface area (Å²) >= 11 is 0. The van der Waals surface area contributed by atoms with Crippen molar-refractivity contribution in [3.63, 3.8) is 0 Å². The minimum Gasteiger partial charge on any atom is -0.300 e. The Balaban J connectivity index is 1.63. The van der Waals surface area contributed by atoms with Crippen LogP contribution in [0.4, 0.5) is 0 Å². The van der Waals surface area contributed by atoms with E-state index in [-0.39, 0.29) is 0 Å². The van der Waals surface area contributed by atoms with Crippen molar-refractivity contribution >= 4 is 5.78 Å². The molecule has 1 nitrogen and oxygen atoms in total. The monoisotopic (exact) mass is 264 g/mol. The minimum atomic E-state index is 0.520. The lowest BCUT2D eigenvalue weighted by Crippen LogP contribution is -1.97. The van der Waals surface area contributed by atoms with Crippen molar-refractivity contribution in [1.82, 2.24) is 0 Å². The van der Waals surface area contributed by atoms with E-state index in [0.29, 0.717) is 5.78 Å². The van der Waals surface area contributed by atoms with Gasteiger partial charge in [0.2, 0.25) is 0 Å². The highest BCUT2D eigenvalue weighted by Crippen LogP contribution is 2.45. The number of Topliss-reactive ketones (excluding diaryl/α,β-unsaturated/α-hetero) is 1. The molecule has 0 bridgehead atoms. The van der Waals surface area contributed by atoms with E-state index in [1.165, 1.54) is 70.6 Å². The maximum absolute atomic E-state index is 11.7. The zero-order chi connectivity index (χ0) is 13.3. The van der Waals surface area contributed by atoms with Gasteiger partial charge in [-0.2, -0.15) is 0 Å². The molecule has 0 amide bonds. The first kappa shape index (κ1) is 15.1. The van der Waals surface area contributed by atoms with Crippen LogP contribution in [0.5, 0.6) is 0 Å². The molecule has 0 heterocycles. The predicted octanol–water partition coefficient (Wildman–Crippen LogP) is 5.67. The second-order valence-electron chi connectivity index (χ2n) is 6.91. The first-order valence-corrected chi connectivity index (χ1v) is 8.88. The van der Waals surface area contributed by atoms with Crippen molar-refractivity contribution in [2.24, 2.45) is 11.8 Å². The third kappa shape index (κ3) is 6.58. The summed E-state index contributed by atoms with van der Waals surface area (Å²) < 4.78 is 0. The fraction of sp³-hybridized carbons (Fsp3) is 0.944. The summed E-state index contributed by atoms with van der Waals surface area (Å²) in [4.78, 5) is 11.7. The molecule has 0 aromatic carbocycles. The van der Waals surface area contributed by atoms with Crippen molar-refractivity contribution in [3.8, 4) is 0 Å². The van der Waals surface area contributed by atoms with Gasteiger partial charge in [0.05, 0.1) is 0 Å². The summed E-state index contributed by atoms with van der Waals surface area (Å²) in [7, 11) is 0. The lowest BCUT2D eigenvalue weighted by molar-refractivity contribution is -0.119. The van der Waals surface area contributed by atoms with Gasteiger partial charge in [0.1, 0.15) is 5.78 Å². The number of rotatable bonds is 0. The van der Waals surface area contributed by atoms with Crippen molar-refractivity contribution in [2.45, 2.75) is 96.3 Å². The van der Waals surface area contributed by atoms with Crippen molar-refractivity contribution < 1.29 is 4.79 Å². The van der Waals surface area contributed by atoms with Crippen LogP contribution in [0.15, 0.2) is 0 Å². The number of carbonyl (C=O) groups excluding carboxylic acids is 1. The number of hydrogen-bond acceptors (Lipinski definition) is 1. The second-order valence-corrected chi connectivity index (χ2v) is 6.91. The average molecular weight is 264 g/mol. The molecule has 0 aromatic rings. The van der Waals surface area contributed by atoms with E-state index in [2.05, 4.69) is 0 Å². The van der Waals surface area contributed by atoms with Crippen molar-refractivity contribution in [1.29, 1.82) is 0 Å². The van der Waals surface area contributed by atoms with E-state index in [9.17, 15) is 4.79 Å². The van der Waals surface area contributed by atoms with Crippen LogP contribution in [-0.2, 0) is 4.79 Å². The normalized spacial score (nSPS) is 32.3. The summed E-state index contributed by atoms with van der Waals surface area (Å²) in [5, 5.41) is 0. The SMILES string of the molecule is O=C1CCCCCCCCC2CC2CCCCCC1. The maximum atomic E-state index is 11.7. The molecule has 1 heteroatoms. The van der Waals surface area contributed by atoms with E-state index in [0.717, 1.165) is 37.5 Å². The molecule has 2 aliphatic rings. The standard InChI is InChI=1S/C18H32O/c19-18-13-9-4-2-1-3-7-11-16-15-17(16)12-8-5-6-10-14-18/h16-17H,1-15H2. The van der Waals surface area contributed by atoms with E-state index < -0.39 is 0 Å². The van der Waals surface area contributed by atoms with Crippen LogP contribution < -0.4 is 0 Å². The zero-order valence-corrected chi connectivity index (χ0v) is 12.7. The van der Waals surface area contributed by atoms with Crippen LogP contribution >= 0.6 is 0 Å². The van der Waals surface area contributed by atoms with Gasteiger partial charge in [0.25, 0.3) is 0 Å². The maximum Gasteiger partial charge on any atom is 0.132 e. The van der Waals surface area contributed by atoms with Gasteiger partial charge in [-0.1, -0.05) is 64.2 Å². The smallest absolute Gasteiger partial charge is 0.132 e. The highest BCUT2D eigenvalue weighted by Gasteiger charge is 2.34. The highest BCUT2D eigenvalue weighted by molar-refractivity contribution is 5.78. The summed E-state index contributed by atoms with van der Waals surface area (Å²) in [6, 6.07) is 0. The summed E-state index contributed by atoms with van der Waals surface area (Å²) in [6.45, 7) is 0. The molecule has 2 atom stereocenters. The molecule has 0 aliphatic heterocycles. The van der Waals surface area contributed by atoms with E-state index in [1.807, 2.05) is 0 Å². The Morgan fingerprint density at radius 1 is 0.579 bits per heavy atom. The highest BCUT2D eigenvalue weighted by atomic mass is 16.1. The molecule has 0 aromatic heterocycles. The lowest BCUT2D eigenvalue weighted by atomic mass is 10.0. The molecule has 0 saturated heterocycles. The van der Waals surface area contributed by atoms with Gasteiger partial charge in [-0.25, -0.2) is 0 Å². The fourth-order valence-electron chi connectivity index (χ4n) is 3.66. The molecule has 0 N–H and O–H groups in total. The molecule has 2 saturated carbocycles. The second kappa shape index (κ2) is 8.76. The van der Waals surface area contributed by atoms with Crippen LogP contribution in [0.3, 0.4) is 0 Å². The quantitative estimate of drug-likeness (QED) is 0.551. The summed E-state index contributed by atoms with van der Waals surface area (Å²) in [6.07, 6.45) is 19.4. The van der Waals surface area contributed by atoms with E-state index in [1.54, 1.807) is 0 Å². The molecule has 110 valence electrons. The largest absolute Gasteiger partial charge is 0.300 e. The number of carbonyl (C=O) groups is 1. The Morgan fingerprint density at radius 2 is 1.00 bits per heavy atom. The van der Waals surface area contributed by atoms with Crippen LogP contribution in [0.1, 0.15) is 96.3 Å².